The fraction of sp³-hybridized carbons (Fsp3) is 0.485. The van der Waals surface area contributed by atoms with E-state index in [-0.39, 0.29) is 35.3 Å². The number of aryl methyl sites for hydroxylation is 5. The number of carbonyl (C=O) groups excluding carboxylic acids is 2. The maximum atomic E-state index is 10.7. The van der Waals surface area contributed by atoms with Crippen LogP contribution in [0.5, 0.6) is 5.75 Å². The van der Waals surface area contributed by atoms with Gasteiger partial charge in [-0.2, -0.15) is 9.59 Å². The van der Waals surface area contributed by atoms with Gasteiger partial charge in [-0.3, -0.25) is 0 Å². The van der Waals surface area contributed by atoms with Gasteiger partial charge in [-0.15, -0.1) is 0 Å². The number of hydrogen-bond donors (Lipinski definition) is 2. The summed E-state index contributed by atoms with van der Waals surface area (Å²) in [7, 11) is 1.40. The van der Waals surface area contributed by atoms with E-state index in [1.165, 1.54) is 61.2 Å². The van der Waals surface area contributed by atoms with E-state index in [0.717, 1.165) is 67.3 Å². The number of hydrogen-bond acceptors (Lipinski definition) is 7. The summed E-state index contributed by atoms with van der Waals surface area (Å²) < 4.78 is 18.4. The van der Waals surface area contributed by atoms with E-state index in [9.17, 15) is 10.2 Å². The van der Waals surface area contributed by atoms with E-state index in [2.05, 4.69) is 193 Å². The minimum Gasteiger partial charge on any atom is -0.496 e. The monoisotopic (exact) mass is 1030 g/mol. The van der Waals surface area contributed by atoms with Crippen LogP contribution in [0.15, 0.2) is 103 Å². The van der Waals surface area contributed by atoms with Crippen molar-refractivity contribution < 1.29 is 33.8 Å². The molecule has 1 heterocycles. The topological polar surface area (TPSA) is 102 Å². The summed E-state index contributed by atoms with van der Waals surface area (Å²) in [5.41, 5.74) is 15.2. The lowest BCUT2D eigenvalue weighted by Gasteiger charge is -2.34. The fourth-order valence-corrected chi connectivity index (χ4v) is 10.9. The zero-order chi connectivity index (χ0) is 56.9. The van der Waals surface area contributed by atoms with Crippen molar-refractivity contribution in [1.29, 1.82) is 0 Å². The van der Waals surface area contributed by atoms with Crippen molar-refractivity contribution in [2.75, 3.05) is 7.11 Å². The largest absolute Gasteiger partial charge is 0.496 e. The fourth-order valence-electron chi connectivity index (χ4n) is 10.9. The molecule has 0 saturated carbocycles. The Morgan fingerprint density at radius 3 is 1.24 bits per heavy atom. The molecule has 6 rings (SSSR count). The molecule has 8 heteroatoms. The second kappa shape index (κ2) is 26.8. The summed E-state index contributed by atoms with van der Waals surface area (Å²) in [6, 6.07) is 34.0. The first-order chi connectivity index (χ1) is 35.9. The standard InChI is InChI=1S/C35H46O2.C32H47BO3.CO2/c1-9-27-14-19-33(37-8)32(24-27)31-18-17-30(23-26(31)7)35(12-4,13-5)29-16-15-28(25(6)22-29)20-21-34(36,10-2)11-3;1-11-31(34,12-2)20-19-25-15-16-26(21-23(25)5)32(13-3,14-4)27-17-18-28(24(6)22-27)33-35-29(7,8)30(9,10)36-33;2-1-3/h14-24,36H,9-13H2,1-8H3;15-22,34H,11-14H2,1-10H3;/b21-20+;20-19+;. The van der Waals surface area contributed by atoms with Crippen molar-refractivity contribution in [3.63, 3.8) is 0 Å². The normalized spacial score (nSPS) is 14.6. The summed E-state index contributed by atoms with van der Waals surface area (Å²) >= 11 is 0. The zero-order valence-electron chi connectivity index (χ0n) is 49.8. The van der Waals surface area contributed by atoms with E-state index >= 15 is 0 Å². The van der Waals surface area contributed by atoms with Crippen molar-refractivity contribution in [2.24, 2.45) is 0 Å². The van der Waals surface area contributed by atoms with Crippen molar-refractivity contribution >= 4 is 30.9 Å². The average Bonchev–Trinajstić information content (AvgIpc) is 3.63. The maximum absolute atomic E-state index is 10.7. The first-order valence-corrected chi connectivity index (χ1v) is 28.2. The molecule has 0 bridgehead atoms. The molecule has 7 nitrogen and oxygen atoms in total. The molecule has 5 aromatic rings. The lowest BCUT2D eigenvalue weighted by molar-refractivity contribution is -0.191. The van der Waals surface area contributed by atoms with Gasteiger partial charge >= 0.3 is 13.3 Å². The van der Waals surface area contributed by atoms with Gasteiger partial charge in [0.2, 0.25) is 0 Å². The SMILES string of the molecule is CCC(O)(/C=C/c1ccc(C(CC)(CC)c2ccc(B3OC(C)(C)C(C)(C)O3)c(C)c2)cc1C)CC.CCc1ccc(OC)c(-c2ccc(C(CC)(CC)c3ccc(/C=C/C(O)(CC)CC)c(C)c3)cc2C)c1.O=C=O. The van der Waals surface area contributed by atoms with E-state index in [1.54, 1.807) is 7.11 Å². The highest BCUT2D eigenvalue weighted by atomic mass is 16.7. The summed E-state index contributed by atoms with van der Waals surface area (Å²) in [5.74, 6) is 0.919. The Morgan fingerprint density at radius 1 is 0.513 bits per heavy atom. The van der Waals surface area contributed by atoms with Crippen LogP contribution in [-0.4, -0.2) is 53.0 Å². The maximum Gasteiger partial charge on any atom is 0.495 e. The van der Waals surface area contributed by atoms with Gasteiger partial charge in [0.05, 0.1) is 29.5 Å². The van der Waals surface area contributed by atoms with Crippen LogP contribution in [0.25, 0.3) is 23.3 Å². The molecule has 0 aromatic heterocycles. The molecule has 0 radical (unpaired) electrons. The van der Waals surface area contributed by atoms with Crippen LogP contribution >= 0.6 is 0 Å². The van der Waals surface area contributed by atoms with Gasteiger partial charge in [-0.25, -0.2) is 0 Å². The van der Waals surface area contributed by atoms with Crippen molar-refractivity contribution in [3.8, 4) is 16.9 Å². The van der Waals surface area contributed by atoms with E-state index < -0.39 is 11.2 Å². The number of methoxy groups -OCH3 is 1. The minimum absolute atomic E-state index is 0.0563. The highest BCUT2D eigenvalue weighted by Crippen LogP contribution is 2.44. The molecule has 0 amide bonds. The smallest absolute Gasteiger partial charge is 0.495 e. The van der Waals surface area contributed by atoms with Crippen molar-refractivity contribution in [2.45, 2.75) is 209 Å². The number of benzene rings is 5. The number of aliphatic hydroxyl groups is 2. The second-order valence-corrected chi connectivity index (χ2v) is 22.2. The molecular formula is C68H93BO7. The predicted molar refractivity (Wildman–Crippen MR) is 319 cm³/mol. The molecule has 0 unspecified atom stereocenters. The minimum atomic E-state index is -0.738. The molecule has 5 aromatic carbocycles. The first kappa shape index (κ1) is 63.2. The molecule has 1 aliphatic rings. The first-order valence-electron chi connectivity index (χ1n) is 28.2. The number of ether oxygens (including phenoxy) is 1. The molecule has 76 heavy (non-hydrogen) atoms. The van der Waals surface area contributed by atoms with Crippen LogP contribution in [0.1, 0.15) is 203 Å². The predicted octanol–water partition coefficient (Wildman–Crippen LogP) is 15.9. The Bertz CT molecular complexity index is 2780. The molecule has 0 atom stereocenters. The van der Waals surface area contributed by atoms with E-state index in [0.29, 0.717) is 12.8 Å². The summed E-state index contributed by atoms with van der Waals surface area (Å²) in [4.78, 5) is 16.2. The Morgan fingerprint density at radius 2 is 0.895 bits per heavy atom. The molecule has 1 fully saturated rings. The van der Waals surface area contributed by atoms with Gasteiger partial charge in [0.1, 0.15) is 5.75 Å². The third kappa shape index (κ3) is 13.8. The molecule has 1 saturated heterocycles. The van der Waals surface area contributed by atoms with Crippen LogP contribution in [0, 0.1) is 27.7 Å². The Hall–Kier alpha value is -5.34. The Labute approximate surface area is 459 Å². The quantitative estimate of drug-likeness (QED) is 0.0749. The summed E-state index contributed by atoms with van der Waals surface area (Å²) in [6.45, 7) is 36.6. The highest BCUT2D eigenvalue weighted by molar-refractivity contribution is 6.62. The van der Waals surface area contributed by atoms with Crippen molar-refractivity contribution in [3.05, 3.63) is 164 Å². The zero-order valence-corrected chi connectivity index (χ0v) is 49.8. The molecule has 410 valence electrons. The van der Waals surface area contributed by atoms with Crippen LogP contribution in [0.2, 0.25) is 0 Å². The van der Waals surface area contributed by atoms with Gasteiger partial charge in [0.15, 0.2) is 0 Å². The van der Waals surface area contributed by atoms with E-state index in [4.69, 9.17) is 23.6 Å². The van der Waals surface area contributed by atoms with Gasteiger partial charge in [0.25, 0.3) is 0 Å². The molecule has 2 N–H and O–H groups in total. The number of rotatable bonds is 20. The second-order valence-electron chi connectivity index (χ2n) is 22.2. The van der Waals surface area contributed by atoms with Crippen LogP contribution in [-0.2, 0) is 36.1 Å². The third-order valence-electron chi connectivity index (χ3n) is 17.7. The van der Waals surface area contributed by atoms with Gasteiger partial charge in [-0.05, 0) is 192 Å². The molecule has 0 spiro atoms. The lowest BCUT2D eigenvalue weighted by atomic mass is 9.68. The molecular weight excluding hydrogens is 940 g/mol. The highest BCUT2D eigenvalue weighted by Gasteiger charge is 2.52. The van der Waals surface area contributed by atoms with Gasteiger partial charge < -0.3 is 24.3 Å². The third-order valence-corrected chi connectivity index (χ3v) is 17.7. The van der Waals surface area contributed by atoms with Crippen molar-refractivity contribution in [1.82, 2.24) is 0 Å². The Balaban J connectivity index is 0.000000312. The van der Waals surface area contributed by atoms with Gasteiger partial charge in [-0.1, -0.05) is 171 Å². The average molecular weight is 1030 g/mol. The van der Waals surface area contributed by atoms with Gasteiger partial charge in [0, 0.05) is 16.4 Å². The molecule has 1 aliphatic heterocycles. The van der Waals surface area contributed by atoms with Crippen LogP contribution in [0.4, 0.5) is 0 Å². The molecule has 0 aliphatic carbocycles. The van der Waals surface area contributed by atoms with E-state index in [1.807, 2.05) is 39.8 Å². The van der Waals surface area contributed by atoms with Crippen LogP contribution < -0.4 is 10.2 Å². The Kier molecular flexibility index (Phi) is 22.3. The lowest BCUT2D eigenvalue weighted by Crippen LogP contribution is -2.41. The summed E-state index contributed by atoms with van der Waals surface area (Å²) in [5, 5.41) is 21.4. The van der Waals surface area contributed by atoms with Crippen LogP contribution in [0.3, 0.4) is 0 Å². The summed E-state index contributed by atoms with van der Waals surface area (Å²) in [6.07, 6.45) is 16.3.